The van der Waals surface area contributed by atoms with Crippen molar-refractivity contribution in [2.75, 3.05) is 0 Å². The molecule has 0 unspecified atom stereocenters. The summed E-state index contributed by atoms with van der Waals surface area (Å²) in [6.07, 6.45) is 3.76. The number of hydrogen-bond donors (Lipinski definition) is 0. The highest BCUT2D eigenvalue weighted by atomic mass is 32.2. The molecule has 3 nitrogen and oxygen atoms in total. The fourth-order valence-electron chi connectivity index (χ4n) is 2.32. The second-order valence-corrected chi connectivity index (χ2v) is 8.37. The van der Waals surface area contributed by atoms with E-state index in [-0.39, 0.29) is 4.75 Å². The number of aromatic nitrogens is 1. The van der Waals surface area contributed by atoms with Gasteiger partial charge in [-0.1, -0.05) is 28.7 Å². The zero-order valence-corrected chi connectivity index (χ0v) is 14.4. The standard InChI is InChI=1S/C19H20N2OS/c1-19(2,3)23(22)20-14-15-9-10-18-16(13-15)11-12-21(18)17-7-5-4-6-8-17/h4-14H,1-3H3/t23-/m1/s1. The smallest absolute Gasteiger partial charge is 0.144 e. The molecule has 4 heteroatoms. The maximum atomic E-state index is 12.0. The Morgan fingerprint density at radius 2 is 1.78 bits per heavy atom. The Balaban J connectivity index is 1.91. The van der Waals surface area contributed by atoms with E-state index < -0.39 is 11.4 Å². The van der Waals surface area contributed by atoms with Gasteiger partial charge in [-0.3, -0.25) is 0 Å². The molecule has 1 heterocycles. The first-order valence-electron chi connectivity index (χ1n) is 7.58. The number of fused-ring (bicyclic) bond motifs is 1. The maximum Gasteiger partial charge on any atom is 0.144 e. The molecule has 118 valence electrons. The van der Waals surface area contributed by atoms with Crippen LogP contribution in [0.4, 0.5) is 0 Å². The summed E-state index contributed by atoms with van der Waals surface area (Å²) >= 11 is -1.23. The van der Waals surface area contributed by atoms with Crippen LogP contribution in [-0.4, -0.2) is 20.1 Å². The number of para-hydroxylation sites is 1. The van der Waals surface area contributed by atoms with Gasteiger partial charge < -0.3 is 9.12 Å². The van der Waals surface area contributed by atoms with Crippen LogP contribution in [0.25, 0.3) is 16.6 Å². The van der Waals surface area contributed by atoms with Crippen LogP contribution < -0.4 is 0 Å². The van der Waals surface area contributed by atoms with Crippen LogP contribution >= 0.6 is 0 Å². The van der Waals surface area contributed by atoms with Crippen LogP contribution in [0.1, 0.15) is 26.3 Å². The van der Waals surface area contributed by atoms with E-state index in [1.54, 1.807) is 6.21 Å². The van der Waals surface area contributed by atoms with Gasteiger partial charge in [0.25, 0.3) is 0 Å². The molecule has 3 rings (SSSR count). The van der Waals surface area contributed by atoms with Crippen LogP contribution in [0, 0.1) is 0 Å². The minimum Gasteiger partial charge on any atom is -0.591 e. The Hall–Kier alpha value is -2.04. The molecule has 0 N–H and O–H groups in total. The molecular formula is C19H20N2OS. The number of hydrogen-bond acceptors (Lipinski definition) is 2. The van der Waals surface area contributed by atoms with E-state index in [9.17, 15) is 4.55 Å². The Morgan fingerprint density at radius 1 is 1.04 bits per heavy atom. The molecule has 0 radical (unpaired) electrons. The molecular weight excluding hydrogens is 304 g/mol. The lowest BCUT2D eigenvalue weighted by atomic mass is 10.2. The maximum absolute atomic E-state index is 12.0. The molecule has 0 saturated heterocycles. The highest BCUT2D eigenvalue weighted by Crippen LogP contribution is 2.22. The number of nitrogens with zero attached hydrogens (tertiary/aromatic N) is 2. The lowest BCUT2D eigenvalue weighted by Crippen LogP contribution is -2.25. The van der Waals surface area contributed by atoms with Crippen molar-refractivity contribution in [1.82, 2.24) is 4.57 Å². The quantitative estimate of drug-likeness (QED) is 0.516. The first-order chi connectivity index (χ1) is 10.9. The van der Waals surface area contributed by atoms with Gasteiger partial charge in [0.2, 0.25) is 0 Å². The van der Waals surface area contributed by atoms with Crippen molar-refractivity contribution >= 4 is 28.5 Å². The van der Waals surface area contributed by atoms with Crippen molar-refractivity contribution < 1.29 is 4.55 Å². The SMILES string of the molecule is CC(C)(C)[S@@+]([O-])N=Cc1ccc2c(ccn2-c2ccccc2)c1. The van der Waals surface area contributed by atoms with Crippen molar-refractivity contribution in [3.05, 3.63) is 66.4 Å². The van der Waals surface area contributed by atoms with Crippen molar-refractivity contribution in [1.29, 1.82) is 0 Å². The zero-order chi connectivity index (χ0) is 16.4. The van der Waals surface area contributed by atoms with Gasteiger partial charge in [0.15, 0.2) is 0 Å². The van der Waals surface area contributed by atoms with Gasteiger partial charge in [0, 0.05) is 17.3 Å². The van der Waals surface area contributed by atoms with E-state index in [2.05, 4.69) is 45.5 Å². The molecule has 0 bridgehead atoms. The van der Waals surface area contributed by atoms with E-state index in [0.717, 1.165) is 22.2 Å². The summed E-state index contributed by atoms with van der Waals surface area (Å²) < 4.78 is 18.0. The van der Waals surface area contributed by atoms with Gasteiger partial charge in [-0.2, -0.15) is 0 Å². The van der Waals surface area contributed by atoms with Gasteiger partial charge in [-0.25, -0.2) is 0 Å². The second kappa shape index (κ2) is 6.22. The zero-order valence-electron chi connectivity index (χ0n) is 13.6. The Labute approximate surface area is 140 Å². The van der Waals surface area contributed by atoms with Crippen LogP contribution in [0.5, 0.6) is 0 Å². The minimum atomic E-state index is -1.23. The molecule has 0 aliphatic rings. The van der Waals surface area contributed by atoms with Gasteiger partial charge in [-0.05, 0) is 56.7 Å². The Morgan fingerprint density at radius 3 is 2.48 bits per heavy atom. The van der Waals surface area contributed by atoms with Crippen molar-refractivity contribution in [2.24, 2.45) is 4.40 Å². The fourth-order valence-corrected chi connectivity index (χ4v) is 2.86. The van der Waals surface area contributed by atoms with Crippen LogP contribution in [0.15, 0.2) is 65.2 Å². The molecule has 2 aromatic carbocycles. The van der Waals surface area contributed by atoms with Gasteiger partial charge in [-0.15, -0.1) is 0 Å². The van der Waals surface area contributed by atoms with Crippen LogP contribution in [0.3, 0.4) is 0 Å². The monoisotopic (exact) mass is 324 g/mol. The van der Waals surface area contributed by atoms with E-state index >= 15 is 0 Å². The molecule has 23 heavy (non-hydrogen) atoms. The molecule has 1 atom stereocenters. The second-order valence-electron chi connectivity index (χ2n) is 6.44. The number of rotatable bonds is 3. The Bertz CT molecular complexity index is 831. The summed E-state index contributed by atoms with van der Waals surface area (Å²) in [4.78, 5) is 0. The highest BCUT2D eigenvalue weighted by Gasteiger charge is 2.25. The summed E-state index contributed by atoms with van der Waals surface area (Å²) in [5.74, 6) is 0. The topological polar surface area (TPSA) is 40.4 Å². The molecule has 0 spiro atoms. The summed E-state index contributed by atoms with van der Waals surface area (Å²) in [5, 5.41) is 1.14. The van der Waals surface area contributed by atoms with Crippen LogP contribution in [0.2, 0.25) is 0 Å². The molecule has 0 saturated carbocycles. The van der Waals surface area contributed by atoms with Crippen molar-refractivity contribution in [3.63, 3.8) is 0 Å². The predicted octanol–water partition coefficient (Wildman–Crippen LogP) is 4.51. The van der Waals surface area contributed by atoms with Gasteiger partial charge in [0.05, 0.1) is 11.7 Å². The van der Waals surface area contributed by atoms with E-state index in [0.29, 0.717) is 0 Å². The first kappa shape index (κ1) is 15.8. The first-order valence-corrected chi connectivity index (χ1v) is 8.68. The molecule has 0 fully saturated rings. The summed E-state index contributed by atoms with van der Waals surface area (Å²) in [6, 6.07) is 18.5. The third-order valence-corrected chi connectivity index (χ3v) is 4.91. The summed E-state index contributed by atoms with van der Waals surface area (Å²) in [5.41, 5.74) is 3.24. The van der Waals surface area contributed by atoms with Gasteiger partial charge in [0.1, 0.15) is 16.1 Å². The summed E-state index contributed by atoms with van der Waals surface area (Å²) in [6.45, 7) is 5.76. The third-order valence-electron chi connectivity index (χ3n) is 3.57. The molecule has 0 amide bonds. The fraction of sp³-hybridized carbons (Fsp3) is 0.211. The molecule has 3 aromatic rings. The normalized spacial score (nSPS) is 13.7. The van der Waals surface area contributed by atoms with E-state index in [1.165, 1.54) is 0 Å². The average Bonchev–Trinajstić information content (AvgIpc) is 2.95. The predicted molar refractivity (Wildman–Crippen MR) is 98.8 cm³/mol. The highest BCUT2D eigenvalue weighted by molar-refractivity contribution is 7.91. The van der Waals surface area contributed by atoms with Crippen LogP contribution in [-0.2, 0) is 11.4 Å². The molecule has 0 aliphatic carbocycles. The third kappa shape index (κ3) is 3.49. The molecule has 1 aromatic heterocycles. The van der Waals surface area contributed by atoms with Crippen molar-refractivity contribution in [3.8, 4) is 5.69 Å². The van der Waals surface area contributed by atoms with E-state index in [4.69, 9.17) is 0 Å². The van der Waals surface area contributed by atoms with E-state index in [1.807, 2.05) is 45.0 Å². The lowest BCUT2D eigenvalue weighted by Gasteiger charge is -2.17. The minimum absolute atomic E-state index is 0.336. The largest absolute Gasteiger partial charge is 0.591 e. The lowest BCUT2D eigenvalue weighted by molar-refractivity contribution is 0.562. The molecule has 0 aliphatic heterocycles. The van der Waals surface area contributed by atoms with Gasteiger partial charge >= 0.3 is 0 Å². The van der Waals surface area contributed by atoms with Crippen molar-refractivity contribution in [2.45, 2.75) is 25.5 Å². The number of benzene rings is 2. The Kier molecular flexibility index (Phi) is 4.28. The summed E-state index contributed by atoms with van der Waals surface area (Å²) in [7, 11) is 0. The average molecular weight is 324 g/mol.